The lowest BCUT2D eigenvalue weighted by molar-refractivity contribution is -0.124. The third-order valence-corrected chi connectivity index (χ3v) is 3.67. The molecule has 0 aliphatic heterocycles. The molecule has 0 heterocycles. The van der Waals surface area contributed by atoms with Crippen LogP contribution in [0.25, 0.3) is 0 Å². The molecule has 0 radical (unpaired) electrons. The summed E-state index contributed by atoms with van der Waals surface area (Å²) in [5.74, 6) is -0.781. The van der Waals surface area contributed by atoms with Gasteiger partial charge in [-0.2, -0.15) is 0 Å². The van der Waals surface area contributed by atoms with Crippen molar-refractivity contribution < 1.29 is 24.2 Å². The number of esters is 1. The number of hydrogen-bond acceptors (Lipinski definition) is 5. The number of carbonyl (C=O) groups excluding carboxylic acids is 2. The van der Waals surface area contributed by atoms with Crippen molar-refractivity contribution in [2.75, 3.05) is 13.7 Å². The highest BCUT2D eigenvalue weighted by atomic mass is 79.9. The second-order valence-corrected chi connectivity index (χ2v) is 5.74. The summed E-state index contributed by atoms with van der Waals surface area (Å²) in [5.41, 5.74) is 0.797. The van der Waals surface area contributed by atoms with E-state index in [0.29, 0.717) is 10.2 Å². The van der Waals surface area contributed by atoms with Crippen LogP contribution < -0.4 is 10.1 Å². The Kier molecular flexibility index (Phi) is 6.20. The van der Waals surface area contributed by atoms with Gasteiger partial charge in [0.1, 0.15) is 17.1 Å². The average Bonchev–Trinajstić information content (AvgIpc) is 2.60. The van der Waals surface area contributed by atoms with E-state index in [0.717, 1.165) is 5.56 Å². The fourth-order valence-corrected chi connectivity index (χ4v) is 2.34. The highest BCUT2D eigenvalue weighted by molar-refractivity contribution is 9.10. The van der Waals surface area contributed by atoms with Gasteiger partial charge in [0.25, 0.3) is 5.91 Å². The highest BCUT2D eigenvalue weighted by Crippen LogP contribution is 2.22. The summed E-state index contributed by atoms with van der Waals surface area (Å²) in [5, 5.41) is 12.3. The maximum Gasteiger partial charge on any atom is 0.342 e. The van der Waals surface area contributed by atoms with Crippen LogP contribution in [0.3, 0.4) is 0 Å². The minimum Gasteiger partial charge on any atom is -0.507 e. The fourth-order valence-electron chi connectivity index (χ4n) is 1.97. The second-order valence-electron chi connectivity index (χ2n) is 4.83. The number of halogens is 1. The van der Waals surface area contributed by atoms with E-state index in [9.17, 15) is 14.7 Å². The summed E-state index contributed by atoms with van der Waals surface area (Å²) in [7, 11) is 1.55. The highest BCUT2D eigenvalue weighted by Gasteiger charge is 2.15. The average molecular weight is 394 g/mol. The van der Waals surface area contributed by atoms with Gasteiger partial charge in [-0.15, -0.1) is 0 Å². The number of rotatable bonds is 6. The van der Waals surface area contributed by atoms with Crippen LogP contribution in [0.5, 0.6) is 11.5 Å². The first-order valence-electron chi connectivity index (χ1n) is 7.05. The van der Waals surface area contributed by atoms with Gasteiger partial charge >= 0.3 is 5.97 Å². The van der Waals surface area contributed by atoms with E-state index in [1.54, 1.807) is 19.2 Å². The zero-order valence-electron chi connectivity index (χ0n) is 12.9. The molecule has 126 valence electrons. The molecule has 0 fully saturated rings. The molecule has 0 unspecified atom stereocenters. The number of methoxy groups -OCH3 is 1. The van der Waals surface area contributed by atoms with E-state index in [1.165, 1.54) is 12.1 Å². The van der Waals surface area contributed by atoms with Gasteiger partial charge in [0.05, 0.1) is 7.11 Å². The molecule has 0 aliphatic rings. The fraction of sp³-hybridized carbons (Fsp3) is 0.176. The maximum absolute atomic E-state index is 11.9. The molecule has 0 aliphatic carbocycles. The molecule has 2 rings (SSSR count). The first-order valence-corrected chi connectivity index (χ1v) is 7.85. The molecule has 1 amide bonds. The Morgan fingerprint density at radius 1 is 1.21 bits per heavy atom. The Hall–Kier alpha value is -2.54. The molecule has 6 nitrogen and oxygen atoms in total. The normalized spacial score (nSPS) is 10.1. The van der Waals surface area contributed by atoms with E-state index < -0.39 is 18.5 Å². The van der Waals surface area contributed by atoms with Gasteiger partial charge in [0.15, 0.2) is 6.61 Å². The second kappa shape index (κ2) is 8.35. The third-order valence-electron chi connectivity index (χ3n) is 3.18. The largest absolute Gasteiger partial charge is 0.507 e. The van der Waals surface area contributed by atoms with Crippen molar-refractivity contribution in [2.24, 2.45) is 0 Å². The topological polar surface area (TPSA) is 84.9 Å². The van der Waals surface area contributed by atoms with Crippen molar-refractivity contribution in [3.05, 3.63) is 58.1 Å². The van der Waals surface area contributed by atoms with Crippen molar-refractivity contribution >= 4 is 27.8 Å². The number of ether oxygens (including phenoxy) is 2. The van der Waals surface area contributed by atoms with Crippen LogP contribution in [0, 0.1) is 0 Å². The number of hydrogen-bond donors (Lipinski definition) is 2. The Bertz CT molecular complexity index is 748. The molecule has 0 atom stereocenters. The number of amides is 1. The Labute approximate surface area is 147 Å². The standard InChI is InChI=1S/C17H16BrNO5/c1-23-15-5-3-2-4-11(15)9-19-16(21)10-24-17(22)13-8-12(18)6-7-14(13)20/h2-8,20H,9-10H2,1H3,(H,19,21). The monoisotopic (exact) mass is 393 g/mol. The number of nitrogens with one attached hydrogen (secondary N) is 1. The van der Waals surface area contributed by atoms with E-state index >= 15 is 0 Å². The van der Waals surface area contributed by atoms with Crippen LogP contribution in [0.4, 0.5) is 0 Å². The predicted octanol–water partition coefficient (Wildman–Crippen LogP) is 2.64. The van der Waals surface area contributed by atoms with Gasteiger partial charge in [0, 0.05) is 16.6 Å². The lowest BCUT2D eigenvalue weighted by atomic mass is 10.2. The van der Waals surface area contributed by atoms with Gasteiger partial charge in [-0.05, 0) is 24.3 Å². The van der Waals surface area contributed by atoms with Crippen molar-refractivity contribution in [3.63, 3.8) is 0 Å². The van der Waals surface area contributed by atoms with Crippen molar-refractivity contribution in [3.8, 4) is 11.5 Å². The first-order chi connectivity index (χ1) is 11.5. The van der Waals surface area contributed by atoms with Crippen LogP contribution in [0.2, 0.25) is 0 Å². The SMILES string of the molecule is COc1ccccc1CNC(=O)COC(=O)c1cc(Br)ccc1O. The van der Waals surface area contributed by atoms with Crippen LogP contribution in [-0.4, -0.2) is 30.7 Å². The molecule has 7 heteroatoms. The number of aromatic hydroxyl groups is 1. The minimum atomic E-state index is -0.777. The quantitative estimate of drug-likeness (QED) is 0.736. The summed E-state index contributed by atoms with van der Waals surface area (Å²) >= 11 is 3.20. The van der Waals surface area contributed by atoms with E-state index in [2.05, 4.69) is 21.2 Å². The third kappa shape index (κ3) is 4.73. The lowest BCUT2D eigenvalue weighted by Crippen LogP contribution is -2.28. The Balaban J connectivity index is 1.87. The molecule has 0 saturated carbocycles. The first kappa shape index (κ1) is 17.8. The number of para-hydroxylation sites is 1. The van der Waals surface area contributed by atoms with Gasteiger partial charge in [-0.3, -0.25) is 4.79 Å². The molecular weight excluding hydrogens is 378 g/mol. The molecular formula is C17H16BrNO5. The Morgan fingerprint density at radius 2 is 1.96 bits per heavy atom. The molecule has 2 aromatic carbocycles. The maximum atomic E-state index is 11.9. The van der Waals surface area contributed by atoms with Crippen molar-refractivity contribution in [1.29, 1.82) is 0 Å². The van der Waals surface area contributed by atoms with E-state index in [-0.39, 0.29) is 17.9 Å². The number of carbonyl (C=O) groups is 2. The zero-order valence-corrected chi connectivity index (χ0v) is 14.5. The van der Waals surface area contributed by atoms with Crippen LogP contribution in [0.15, 0.2) is 46.9 Å². The van der Waals surface area contributed by atoms with Crippen LogP contribution >= 0.6 is 15.9 Å². The molecule has 2 aromatic rings. The van der Waals surface area contributed by atoms with Crippen LogP contribution in [0.1, 0.15) is 15.9 Å². The zero-order chi connectivity index (χ0) is 17.5. The molecule has 0 spiro atoms. The predicted molar refractivity (Wildman–Crippen MR) is 90.9 cm³/mol. The molecule has 0 aromatic heterocycles. The number of phenols is 1. The van der Waals surface area contributed by atoms with E-state index in [1.807, 2.05) is 18.2 Å². The van der Waals surface area contributed by atoms with Crippen LogP contribution in [-0.2, 0) is 16.1 Å². The van der Waals surface area contributed by atoms with Gasteiger partial charge in [-0.25, -0.2) is 4.79 Å². The van der Waals surface area contributed by atoms with Gasteiger partial charge < -0.3 is 19.9 Å². The van der Waals surface area contributed by atoms with Crippen molar-refractivity contribution in [1.82, 2.24) is 5.32 Å². The van der Waals surface area contributed by atoms with E-state index in [4.69, 9.17) is 9.47 Å². The summed E-state index contributed by atoms with van der Waals surface area (Å²) < 4.78 is 10.7. The number of benzene rings is 2. The smallest absolute Gasteiger partial charge is 0.342 e. The summed E-state index contributed by atoms with van der Waals surface area (Å²) in [6.07, 6.45) is 0. The molecule has 0 saturated heterocycles. The molecule has 2 N–H and O–H groups in total. The summed E-state index contributed by atoms with van der Waals surface area (Å²) in [6.45, 7) is -0.192. The number of phenolic OH excluding ortho intramolecular Hbond substituents is 1. The summed E-state index contributed by atoms with van der Waals surface area (Å²) in [6, 6.07) is 11.7. The van der Waals surface area contributed by atoms with Crippen molar-refractivity contribution in [2.45, 2.75) is 6.54 Å². The lowest BCUT2D eigenvalue weighted by Gasteiger charge is -2.10. The molecule has 24 heavy (non-hydrogen) atoms. The van der Waals surface area contributed by atoms with Gasteiger partial charge in [-0.1, -0.05) is 34.1 Å². The molecule has 0 bridgehead atoms. The summed E-state index contributed by atoms with van der Waals surface area (Å²) in [4.78, 5) is 23.7. The Morgan fingerprint density at radius 3 is 2.71 bits per heavy atom. The van der Waals surface area contributed by atoms with Gasteiger partial charge in [0.2, 0.25) is 0 Å². The minimum absolute atomic E-state index is 0.0121.